The number of anilines is 1. The van der Waals surface area contributed by atoms with Crippen molar-refractivity contribution in [2.24, 2.45) is 0 Å². The van der Waals surface area contributed by atoms with Crippen molar-refractivity contribution < 1.29 is 13.2 Å². The van der Waals surface area contributed by atoms with Crippen LogP contribution in [0, 0.1) is 0 Å². The molecule has 0 amide bonds. The van der Waals surface area contributed by atoms with Gasteiger partial charge in [0.1, 0.15) is 5.75 Å². The minimum absolute atomic E-state index is 0.220. The van der Waals surface area contributed by atoms with Crippen molar-refractivity contribution in [2.75, 3.05) is 17.5 Å². The molecule has 0 aliphatic rings. The van der Waals surface area contributed by atoms with Gasteiger partial charge in [0.15, 0.2) is 0 Å². The van der Waals surface area contributed by atoms with Crippen LogP contribution in [0.25, 0.3) is 0 Å². The molecule has 6 heteroatoms. The highest BCUT2D eigenvalue weighted by atomic mass is 35.5. The van der Waals surface area contributed by atoms with Crippen molar-refractivity contribution in [1.29, 1.82) is 0 Å². The largest absolute Gasteiger partial charge is 0.494 e. The summed E-state index contributed by atoms with van der Waals surface area (Å²) < 4.78 is 32.2. The minimum atomic E-state index is -3.63. The number of hydrogen-bond acceptors (Lipinski definition) is 3. The predicted molar refractivity (Wildman–Crippen MR) is 89.3 cm³/mol. The molecule has 0 aliphatic heterocycles. The van der Waals surface area contributed by atoms with Crippen molar-refractivity contribution in [1.82, 2.24) is 0 Å². The molecule has 0 bridgehead atoms. The van der Waals surface area contributed by atoms with Gasteiger partial charge in [-0.1, -0.05) is 17.7 Å². The molecule has 0 spiro atoms. The van der Waals surface area contributed by atoms with Gasteiger partial charge in [-0.25, -0.2) is 8.42 Å². The van der Waals surface area contributed by atoms with Crippen LogP contribution in [0.3, 0.4) is 0 Å². The van der Waals surface area contributed by atoms with Crippen LogP contribution in [-0.2, 0) is 10.0 Å². The topological polar surface area (TPSA) is 46.6 Å². The molecule has 0 saturated carbocycles. The minimum Gasteiger partial charge on any atom is -0.494 e. The molecule has 0 saturated heterocycles. The summed E-state index contributed by atoms with van der Waals surface area (Å²) in [4.78, 5) is 0.220. The molecule has 4 nitrogen and oxygen atoms in total. The Morgan fingerprint density at radius 3 is 2.32 bits per heavy atom. The van der Waals surface area contributed by atoms with Crippen LogP contribution >= 0.6 is 11.6 Å². The maximum Gasteiger partial charge on any atom is 0.264 e. The zero-order chi connectivity index (χ0) is 16.2. The molecule has 0 aliphatic carbocycles. The van der Waals surface area contributed by atoms with E-state index in [1.807, 2.05) is 6.92 Å². The van der Waals surface area contributed by atoms with Gasteiger partial charge in [0.05, 0.1) is 17.2 Å². The second-order valence-electron chi connectivity index (χ2n) is 4.55. The van der Waals surface area contributed by atoms with Gasteiger partial charge in [-0.2, -0.15) is 0 Å². The van der Waals surface area contributed by atoms with Gasteiger partial charge in [0.25, 0.3) is 10.0 Å². The summed E-state index contributed by atoms with van der Waals surface area (Å²) in [5.74, 6) is 0.646. The lowest BCUT2D eigenvalue weighted by Crippen LogP contribution is -2.30. The first-order chi connectivity index (χ1) is 10.5. The quantitative estimate of drug-likeness (QED) is 0.800. The van der Waals surface area contributed by atoms with E-state index in [4.69, 9.17) is 16.3 Å². The van der Waals surface area contributed by atoms with Crippen LogP contribution in [-0.4, -0.2) is 21.6 Å². The molecule has 22 heavy (non-hydrogen) atoms. The Morgan fingerprint density at radius 2 is 1.77 bits per heavy atom. The second-order valence-corrected chi connectivity index (χ2v) is 6.85. The third-order valence-corrected chi connectivity index (χ3v) is 5.26. The maximum atomic E-state index is 12.8. The Kier molecular flexibility index (Phi) is 5.32. The van der Waals surface area contributed by atoms with Gasteiger partial charge in [-0.15, -0.1) is 0 Å². The highest BCUT2D eigenvalue weighted by Crippen LogP contribution is 2.26. The molecule has 0 unspecified atom stereocenters. The third-order valence-electron chi connectivity index (χ3n) is 3.11. The van der Waals surface area contributed by atoms with Crippen LogP contribution < -0.4 is 9.04 Å². The van der Waals surface area contributed by atoms with Crippen LogP contribution in [0.15, 0.2) is 53.4 Å². The highest BCUT2D eigenvalue weighted by molar-refractivity contribution is 7.92. The maximum absolute atomic E-state index is 12.8. The molecule has 0 radical (unpaired) electrons. The number of nitrogens with zero attached hydrogens (tertiary/aromatic N) is 1. The zero-order valence-corrected chi connectivity index (χ0v) is 14.1. The summed E-state index contributed by atoms with van der Waals surface area (Å²) in [5.41, 5.74) is 0.545. The number of sulfonamides is 1. The van der Waals surface area contributed by atoms with E-state index < -0.39 is 10.0 Å². The fourth-order valence-corrected chi connectivity index (χ4v) is 3.77. The number of hydrogen-bond donors (Lipinski definition) is 0. The standard InChI is InChI=1S/C16H18ClNO3S/c1-3-18(14-7-5-6-13(17)12-14)22(19,20)16-10-8-15(9-11-16)21-4-2/h5-12H,3-4H2,1-2H3. The Bertz CT molecular complexity index is 729. The van der Waals surface area contributed by atoms with E-state index in [-0.39, 0.29) is 4.90 Å². The zero-order valence-electron chi connectivity index (χ0n) is 12.5. The number of halogens is 1. The normalized spacial score (nSPS) is 11.2. The van der Waals surface area contributed by atoms with Crippen LogP contribution in [0.4, 0.5) is 5.69 Å². The van der Waals surface area contributed by atoms with Crippen LogP contribution in [0.2, 0.25) is 5.02 Å². The lowest BCUT2D eigenvalue weighted by molar-refractivity contribution is 0.340. The first-order valence-corrected chi connectivity index (χ1v) is 8.82. The van der Waals surface area contributed by atoms with Crippen molar-refractivity contribution in [3.05, 3.63) is 53.6 Å². The molecule has 2 aromatic carbocycles. The molecular formula is C16H18ClNO3S. The molecule has 2 aromatic rings. The van der Waals surface area contributed by atoms with Crippen molar-refractivity contribution in [3.63, 3.8) is 0 Å². The summed E-state index contributed by atoms with van der Waals surface area (Å²) in [6.07, 6.45) is 0. The van der Waals surface area contributed by atoms with Crippen molar-refractivity contribution in [3.8, 4) is 5.75 Å². The lowest BCUT2D eigenvalue weighted by atomic mass is 10.3. The summed E-state index contributed by atoms with van der Waals surface area (Å²) in [6.45, 7) is 4.52. The van der Waals surface area contributed by atoms with Gasteiger partial charge in [-0.05, 0) is 56.3 Å². The second kappa shape index (κ2) is 7.03. The Hall–Kier alpha value is -1.72. The molecule has 0 aromatic heterocycles. The van der Waals surface area contributed by atoms with Crippen molar-refractivity contribution in [2.45, 2.75) is 18.7 Å². The van der Waals surface area contributed by atoms with E-state index >= 15 is 0 Å². The fourth-order valence-electron chi connectivity index (χ4n) is 2.12. The van der Waals surface area contributed by atoms with E-state index in [1.54, 1.807) is 55.5 Å². The highest BCUT2D eigenvalue weighted by Gasteiger charge is 2.23. The average Bonchev–Trinajstić information content (AvgIpc) is 2.49. The molecule has 0 N–H and O–H groups in total. The summed E-state index contributed by atoms with van der Waals surface area (Å²) in [5, 5.41) is 0.498. The summed E-state index contributed by atoms with van der Waals surface area (Å²) in [7, 11) is -3.63. The molecule has 0 atom stereocenters. The monoisotopic (exact) mass is 339 g/mol. The Labute approximate surface area is 136 Å². The van der Waals surface area contributed by atoms with E-state index in [2.05, 4.69) is 0 Å². The first kappa shape index (κ1) is 16.6. The summed E-state index contributed by atoms with van der Waals surface area (Å²) >= 11 is 5.96. The smallest absolute Gasteiger partial charge is 0.264 e. The molecule has 0 heterocycles. The summed E-state index contributed by atoms with van der Waals surface area (Å²) in [6, 6.07) is 13.2. The van der Waals surface area contributed by atoms with E-state index in [9.17, 15) is 8.42 Å². The molecular weight excluding hydrogens is 322 g/mol. The van der Waals surface area contributed by atoms with Crippen LogP contribution in [0.5, 0.6) is 5.75 Å². The van der Waals surface area contributed by atoms with E-state index in [0.717, 1.165) is 0 Å². The van der Waals surface area contributed by atoms with Crippen LogP contribution in [0.1, 0.15) is 13.8 Å². The lowest BCUT2D eigenvalue weighted by Gasteiger charge is -2.23. The van der Waals surface area contributed by atoms with Gasteiger partial charge in [0, 0.05) is 11.6 Å². The molecule has 118 valence electrons. The van der Waals surface area contributed by atoms with E-state index in [1.165, 1.54) is 4.31 Å². The molecule has 0 fully saturated rings. The number of benzene rings is 2. The van der Waals surface area contributed by atoms with E-state index in [0.29, 0.717) is 29.6 Å². The Balaban J connectivity index is 2.38. The van der Waals surface area contributed by atoms with Crippen molar-refractivity contribution >= 4 is 27.3 Å². The number of ether oxygens (including phenoxy) is 1. The fraction of sp³-hybridized carbons (Fsp3) is 0.250. The number of rotatable bonds is 6. The van der Waals surface area contributed by atoms with Gasteiger partial charge in [0.2, 0.25) is 0 Å². The van der Waals surface area contributed by atoms with Gasteiger partial charge < -0.3 is 4.74 Å². The Morgan fingerprint density at radius 1 is 1.09 bits per heavy atom. The molecule has 2 rings (SSSR count). The third kappa shape index (κ3) is 3.54. The first-order valence-electron chi connectivity index (χ1n) is 7.00. The average molecular weight is 340 g/mol. The van der Waals surface area contributed by atoms with Gasteiger partial charge >= 0.3 is 0 Å². The SMILES string of the molecule is CCOc1ccc(S(=O)(=O)N(CC)c2cccc(Cl)c2)cc1. The van der Waals surface area contributed by atoms with Gasteiger partial charge in [-0.3, -0.25) is 4.31 Å². The predicted octanol–water partition coefficient (Wildman–Crippen LogP) is 3.95.